The van der Waals surface area contributed by atoms with Gasteiger partial charge in [-0.05, 0) is 18.4 Å². The molecule has 0 aromatic rings. The lowest BCUT2D eigenvalue weighted by Gasteiger charge is -2.13. The molecule has 0 saturated carbocycles. The summed E-state index contributed by atoms with van der Waals surface area (Å²) in [5.41, 5.74) is 2.23. The van der Waals surface area contributed by atoms with Gasteiger partial charge in [0.15, 0.2) is 0 Å². The highest BCUT2D eigenvalue weighted by Crippen LogP contribution is 2.30. The number of unbranched alkanes of at least 4 members (excludes halogenated alkanes) is 5. The van der Waals surface area contributed by atoms with Crippen LogP contribution in [0.3, 0.4) is 0 Å². The lowest BCUT2D eigenvalue weighted by molar-refractivity contribution is 0.561. The van der Waals surface area contributed by atoms with Gasteiger partial charge in [0.2, 0.25) is 0 Å². The highest BCUT2D eigenvalue weighted by Gasteiger charge is 2.16. The van der Waals surface area contributed by atoms with Gasteiger partial charge in [-0.15, -0.1) is 0 Å². The molecule has 2 heteroatoms. The van der Waals surface area contributed by atoms with Crippen molar-refractivity contribution < 1.29 is 0 Å². The summed E-state index contributed by atoms with van der Waals surface area (Å²) in [4.78, 5) is 4.33. The molecular weight excluding hydrogens is 242 g/mol. The van der Waals surface area contributed by atoms with E-state index < -0.39 is 0 Å². The predicted molar refractivity (Wildman–Crippen MR) is 80.1 cm³/mol. The summed E-state index contributed by atoms with van der Waals surface area (Å²) < 4.78 is 0. The number of hydrogen-bond acceptors (Lipinski definition) is 1. The van der Waals surface area contributed by atoms with Gasteiger partial charge in [-0.1, -0.05) is 75.3 Å². The minimum atomic E-state index is 0.551. The third kappa shape index (κ3) is 3.84. The quantitative estimate of drug-likeness (QED) is 0.547. The minimum absolute atomic E-state index is 0.551. The third-order valence-electron chi connectivity index (χ3n) is 3.58. The van der Waals surface area contributed by atoms with Crippen LogP contribution < -0.4 is 0 Å². The van der Waals surface area contributed by atoms with Gasteiger partial charge in [0, 0.05) is 5.57 Å². The molecule has 1 unspecified atom stereocenters. The van der Waals surface area contributed by atoms with Gasteiger partial charge in [0.25, 0.3) is 0 Å². The molecule has 1 nitrogen and oxygen atoms in total. The first-order valence-electron chi connectivity index (χ1n) is 7.16. The minimum Gasteiger partial charge on any atom is -0.236 e. The first kappa shape index (κ1) is 13.6. The number of aliphatic imine (C=N–C) groups is 1. The zero-order valence-electron chi connectivity index (χ0n) is 11.2. The average molecular weight is 264 g/mol. The van der Waals surface area contributed by atoms with Crippen molar-refractivity contribution in [1.82, 2.24) is 0 Å². The van der Waals surface area contributed by atoms with Crippen LogP contribution in [0.5, 0.6) is 0 Å². The Bertz CT molecular complexity index is 401. The van der Waals surface area contributed by atoms with Crippen LogP contribution in [-0.4, -0.2) is 5.17 Å². The van der Waals surface area contributed by atoms with E-state index in [9.17, 15) is 0 Å². The maximum atomic E-state index is 5.91. The Kier molecular flexibility index (Phi) is 5.25. The molecule has 1 atom stereocenters. The van der Waals surface area contributed by atoms with Crippen LogP contribution in [0.4, 0.5) is 0 Å². The second kappa shape index (κ2) is 6.94. The molecule has 0 bridgehead atoms. The number of rotatable bonds is 7. The van der Waals surface area contributed by atoms with Crippen LogP contribution in [0.1, 0.15) is 51.9 Å². The number of nitrogens with zero attached hydrogens (tertiary/aromatic N) is 1. The molecule has 0 radical (unpaired) electrons. The summed E-state index contributed by atoms with van der Waals surface area (Å²) in [7, 11) is 0. The molecule has 0 saturated heterocycles. The van der Waals surface area contributed by atoms with Gasteiger partial charge in [0.1, 0.15) is 5.17 Å². The fourth-order valence-corrected chi connectivity index (χ4v) is 2.72. The molecule has 2 aliphatic rings. The van der Waals surface area contributed by atoms with Crippen LogP contribution >= 0.6 is 11.6 Å². The predicted octanol–water partition coefficient (Wildman–Crippen LogP) is 5.38. The topological polar surface area (TPSA) is 12.4 Å². The highest BCUT2D eigenvalue weighted by molar-refractivity contribution is 6.69. The number of allylic oxidation sites excluding steroid dienone is 4. The Morgan fingerprint density at radius 1 is 1.17 bits per heavy atom. The van der Waals surface area contributed by atoms with Gasteiger partial charge in [-0.3, -0.25) is 0 Å². The van der Waals surface area contributed by atoms with Crippen molar-refractivity contribution in [2.75, 3.05) is 0 Å². The summed E-state index contributed by atoms with van der Waals surface area (Å²) in [5, 5.41) is 0.612. The first-order valence-corrected chi connectivity index (χ1v) is 7.53. The summed E-state index contributed by atoms with van der Waals surface area (Å²) in [6, 6.07) is 0. The molecule has 2 rings (SSSR count). The zero-order chi connectivity index (χ0) is 12.8. The number of fused-ring (bicyclic) bond motifs is 1. The summed E-state index contributed by atoms with van der Waals surface area (Å²) in [6.45, 7) is 2.26. The first-order chi connectivity index (χ1) is 8.79. The Labute approximate surface area is 115 Å². The normalized spacial score (nSPS) is 21.4. The fraction of sp³-hybridized carbons (Fsp3) is 0.562. The van der Waals surface area contributed by atoms with Crippen molar-refractivity contribution in [3.05, 3.63) is 35.6 Å². The van der Waals surface area contributed by atoms with E-state index in [0.717, 1.165) is 5.70 Å². The summed E-state index contributed by atoms with van der Waals surface area (Å²) in [6.07, 6.45) is 18.0. The van der Waals surface area contributed by atoms with Gasteiger partial charge in [-0.2, -0.15) is 0 Å². The van der Waals surface area contributed by atoms with Gasteiger partial charge >= 0.3 is 0 Å². The maximum absolute atomic E-state index is 5.91. The van der Waals surface area contributed by atoms with Crippen LogP contribution in [0.25, 0.3) is 0 Å². The van der Waals surface area contributed by atoms with E-state index in [2.05, 4.69) is 30.1 Å². The van der Waals surface area contributed by atoms with Gasteiger partial charge < -0.3 is 0 Å². The molecular formula is C16H22ClN. The molecule has 0 N–H and O–H groups in total. The second-order valence-corrected chi connectivity index (χ2v) is 5.55. The molecule has 1 heterocycles. The van der Waals surface area contributed by atoms with Crippen LogP contribution in [0.2, 0.25) is 0 Å². The fourth-order valence-electron chi connectivity index (χ4n) is 2.51. The number of hydrogen-bond donors (Lipinski definition) is 0. The molecule has 98 valence electrons. The van der Waals surface area contributed by atoms with E-state index in [1.165, 1.54) is 50.5 Å². The molecule has 1 aliphatic carbocycles. The zero-order valence-corrected chi connectivity index (χ0v) is 11.9. The standard InChI is InChI=1S/C16H22ClN/c1-2-3-4-5-6-7-8-13-9-10-14-12-16(17)18-15(14)11-13/h9-13H,2-8H2,1H3. The maximum Gasteiger partial charge on any atom is 0.130 e. The van der Waals surface area contributed by atoms with Crippen molar-refractivity contribution in [2.45, 2.75) is 51.9 Å². The highest BCUT2D eigenvalue weighted by atomic mass is 35.5. The Morgan fingerprint density at radius 2 is 1.94 bits per heavy atom. The van der Waals surface area contributed by atoms with E-state index in [4.69, 9.17) is 11.6 Å². The smallest absolute Gasteiger partial charge is 0.130 e. The van der Waals surface area contributed by atoms with Crippen molar-refractivity contribution in [2.24, 2.45) is 10.9 Å². The van der Waals surface area contributed by atoms with E-state index in [1.54, 1.807) is 0 Å². The molecule has 0 spiro atoms. The van der Waals surface area contributed by atoms with E-state index >= 15 is 0 Å². The molecule has 0 amide bonds. The average Bonchev–Trinajstić information content (AvgIpc) is 2.73. The Hall–Kier alpha value is -0.820. The van der Waals surface area contributed by atoms with E-state index in [1.807, 2.05) is 6.08 Å². The SMILES string of the molecule is CCCCCCCCC1C=CC2=CC(Cl)=NC2=C1. The van der Waals surface area contributed by atoms with Gasteiger partial charge in [0.05, 0.1) is 5.70 Å². The molecule has 18 heavy (non-hydrogen) atoms. The third-order valence-corrected chi connectivity index (χ3v) is 3.78. The Balaban J connectivity index is 1.69. The van der Waals surface area contributed by atoms with Crippen molar-refractivity contribution in [3.63, 3.8) is 0 Å². The lowest BCUT2D eigenvalue weighted by Crippen LogP contribution is -1.99. The van der Waals surface area contributed by atoms with Crippen LogP contribution in [-0.2, 0) is 0 Å². The number of halogens is 1. The largest absolute Gasteiger partial charge is 0.236 e. The monoisotopic (exact) mass is 263 g/mol. The Morgan fingerprint density at radius 3 is 2.78 bits per heavy atom. The van der Waals surface area contributed by atoms with Gasteiger partial charge in [-0.25, -0.2) is 4.99 Å². The second-order valence-electron chi connectivity index (χ2n) is 5.17. The van der Waals surface area contributed by atoms with Crippen molar-refractivity contribution in [3.8, 4) is 0 Å². The molecule has 1 aliphatic heterocycles. The molecule has 0 aromatic heterocycles. The summed E-state index contributed by atoms with van der Waals surface area (Å²) in [5.74, 6) is 0.551. The summed E-state index contributed by atoms with van der Waals surface area (Å²) >= 11 is 5.91. The van der Waals surface area contributed by atoms with Crippen LogP contribution in [0, 0.1) is 5.92 Å². The molecule has 0 aromatic carbocycles. The van der Waals surface area contributed by atoms with E-state index in [0.29, 0.717) is 11.1 Å². The van der Waals surface area contributed by atoms with Crippen molar-refractivity contribution in [1.29, 1.82) is 0 Å². The van der Waals surface area contributed by atoms with Crippen molar-refractivity contribution >= 4 is 16.8 Å². The molecule has 0 fully saturated rings. The van der Waals surface area contributed by atoms with E-state index in [-0.39, 0.29) is 0 Å². The lowest BCUT2D eigenvalue weighted by atomic mass is 9.93. The van der Waals surface area contributed by atoms with Crippen LogP contribution in [0.15, 0.2) is 40.6 Å².